The average molecular weight is 458 g/mol. The largest absolute Gasteiger partial charge is 0.485 e. The van der Waals surface area contributed by atoms with E-state index in [1.54, 1.807) is 12.3 Å². The maximum absolute atomic E-state index is 13.6. The molecule has 6 nitrogen and oxygen atoms in total. The number of aromatic nitrogens is 2. The molecule has 2 aliphatic heterocycles. The van der Waals surface area contributed by atoms with E-state index in [0.29, 0.717) is 16.6 Å². The molecule has 1 fully saturated rings. The highest BCUT2D eigenvalue weighted by molar-refractivity contribution is 7.99. The van der Waals surface area contributed by atoms with E-state index in [9.17, 15) is 4.39 Å². The van der Waals surface area contributed by atoms with Gasteiger partial charge in [0.25, 0.3) is 0 Å². The molecule has 0 radical (unpaired) electrons. The van der Waals surface area contributed by atoms with Crippen LogP contribution in [0.5, 0.6) is 5.75 Å². The van der Waals surface area contributed by atoms with Crippen molar-refractivity contribution in [1.82, 2.24) is 9.97 Å². The van der Waals surface area contributed by atoms with Gasteiger partial charge in [0.1, 0.15) is 28.0 Å². The minimum absolute atomic E-state index is 0.285. The van der Waals surface area contributed by atoms with Gasteiger partial charge < -0.3 is 21.1 Å². The van der Waals surface area contributed by atoms with Gasteiger partial charge in [0.15, 0.2) is 0 Å². The van der Waals surface area contributed by atoms with Crippen molar-refractivity contribution in [2.24, 2.45) is 5.73 Å². The van der Waals surface area contributed by atoms with E-state index < -0.39 is 5.60 Å². The van der Waals surface area contributed by atoms with Gasteiger partial charge in [0.2, 0.25) is 0 Å². The van der Waals surface area contributed by atoms with Gasteiger partial charge >= 0.3 is 0 Å². The molecule has 31 heavy (non-hydrogen) atoms. The zero-order chi connectivity index (χ0) is 21.6. The van der Waals surface area contributed by atoms with Gasteiger partial charge in [-0.1, -0.05) is 23.4 Å². The van der Waals surface area contributed by atoms with Crippen LogP contribution in [0.2, 0.25) is 5.02 Å². The Hall–Kier alpha value is -2.55. The molecule has 0 aliphatic carbocycles. The molecule has 0 saturated carbocycles. The number of fused-ring (bicyclic) bond motifs is 1. The van der Waals surface area contributed by atoms with Gasteiger partial charge in [0, 0.05) is 42.6 Å². The van der Waals surface area contributed by atoms with E-state index in [1.165, 1.54) is 23.9 Å². The highest BCUT2D eigenvalue weighted by Crippen LogP contribution is 2.47. The number of anilines is 2. The molecule has 0 bridgehead atoms. The van der Waals surface area contributed by atoms with Gasteiger partial charge in [-0.15, -0.1) is 0 Å². The number of rotatable bonds is 3. The number of nitrogens with zero attached hydrogens (tertiary/aromatic N) is 3. The van der Waals surface area contributed by atoms with Crippen molar-refractivity contribution >= 4 is 34.9 Å². The fraction of sp³-hybridized carbons (Fsp3) is 0.273. The Balaban J connectivity index is 1.26. The molecule has 4 heterocycles. The van der Waals surface area contributed by atoms with Crippen LogP contribution in [0, 0.1) is 5.82 Å². The third-order valence-corrected chi connectivity index (χ3v) is 7.50. The van der Waals surface area contributed by atoms with Crippen molar-refractivity contribution in [3.63, 3.8) is 0 Å². The van der Waals surface area contributed by atoms with Crippen LogP contribution in [0.4, 0.5) is 15.9 Å². The molecule has 3 aromatic rings. The van der Waals surface area contributed by atoms with Gasteiger partial charge in [0.05, 0.1) is 22.9 Å². The number of benzene rings is 1. The summed E-state index contributed by atoms with van der Waals surface area (Å²) in [6, 6.07) is 10.1. The third-order valence-electron chi connectivity index (χ3n) is 5.98. The molecule has 1 atom stereocenters. The number of hydrogen-bond donors (Lipinski definition) is 2. The number of piperidine rings is 1. The van der Waals surface area contributed by atoms with E-state index in [-0.39, 0.29) is 11.9 Å². The minimum Gasteiger partial charge on any atom is -0.485 e. The number of nitrogens with two attached hydrogens (primary N) is 2. The van der Waals surface area contributed by atoms with Gasteiger partial charge in [-0.25, -0.2) is 14.4 Å². The Labute approximate surface area is 188 Å². The third kappa shape index (κ3) is 3.69. The SMILES string of the molecule is Nc1nccc(Sc2ccc(N3CCC4(CC3)Oc3ccc(F)cc3[C@H]4N)cn2)c1Cl. The first kappa shape index (κ1) is 20.4. The molecule has 0 unspecified atom stereocenters. The van der Waals surface area contributed by atoms with Crippen molar-refractivity contribution in [2.75, 3.05) is 23.7 Å². The van der Waals surface area contributed by atoms with Crippen molar-refractivity contribution < 1.29 is 9.13 Å². The van der Waals surface area contributed by atoms with Crippen molar-refractivity contribution in [3.8, 4) is 5.75 Å². The Bertz CT molecular complexity index is 1120. The lowest BCUT2D eigenvalue weighted by Crippen LogP contribution is -2.51. The summed E-state index contributed by atoms with van der Waals surface area (Å²) in [7, 11) is 0. The normalized spacial score (nSPS) is 19.3. The van der Waals surface area contributed by atoms with E-state index >= 15 is 0 Å². The Morgan fingerprint density at radius 1 is 1.16 bits per heavy atom. The molecule has 5 rings (SSSR count). The van der Waals surface area contributed by atoms with Crippen LogP contribution in [0.3, 0.4) is 0 Å². The second-order valence-corrected chi connectivity index (χ2v) is 9.22. The molecule has 1 spiro atoms. The molecule has 1 saturated heterocycles. The Morgan fingerprint density at radius 3 is 2.71 bits per heavy atom. The fourth-order valence-electron chi connectivity index (χ4n) is 4.23. The molecule has 4 N–H and O–H groups in total. The second-order valence-electron chi connectivity index (χ2n) is 7.78. The summed E-state index contributed by atoms with van der Waals surface area (Å²) < 4.78 is 19.9. The second kappa shape index (κ2) is 7.85. The zero-order valence-electron chi connectivity index (χ0n) is 16.6. The summed E-state index contributed by atoms with van der Waals surface area (Å²) in [6.07, 6.45) is 5.00. The van der Waals surface area contributed by atoms with Crippen molar-refractivity contribution in [3.05, 3.63) is 65.2 Å². The highest BCUT2D eigenvalue weighted by Gasteiger charge is 2.48. The Kier molecular flexibility index (Phi) is 5.16. The van der Waals surface area contributed by atoms with E-state index in [2.05, 4.69) is 14.9 Å². The molecular formula is C22H21ClFN5OS. The quantitative estimate of drug-likeness (QED) is 0.601. The Morgan fingerprint density at radius 2 is 1.97 bits per heavy atom. The molecule has 0 amide bonds. The number of nitrogen functional groups attached to an aromatic ring is 1. The first-order valence-electron chi connectivity index (χ1n) is 9.98. The van der Waals surface area contributed by atoms with Crippen molar-refractivity contribution in [2.45, 2.75) is 34.4 Å². The topological polar surface area (TPSA) is 90.3 Å². The molecular weight excluding hydrogens is 437 g/mol. The van der Waals surface area contributed by atoms with E-state index in [0.717, 1.165) is 47.1 Å². The van der Waals surface area contributed by atoms with Crippen molar-refractivity contribution in [1.29, 1.82) is 0 Å². The highest BCUT2D eigenvalue weighted by atomic mass is 35.5. The maximum Gasteiger partial charge on any atom is 0.143 e. The smallest absolute Gasteiger partial charge is 0.143 e. The number of halogens is 2. The number of hydrogen-bond acceptors (Lipinski definition) is 7. The lowest BCUT2D eigenvalue weighted by molar-refractivity contribution is 0.0432. The standard InChI is InChI=1S/C22H21ClFN5OS/c23-19-17(5-8-27-21(19)26)31-18-4-2-14(12-28-18)29-9-6-22(7-10-29)20(25)15-11-13(24)1-3-16(15)30-22/h1-5,8,11-12,20H,6-7,9-10,25H2,(H2,26,27)/t20-/m1/s1. The summed E-state index contributed by atoms with van der Waals surface area (Å²) in [5, 5.41) is 1.26. The van der Waals surface area contributed by atoms with Crippen LogP contribution in [0.15, 0.2) is 58.7 Å². The fourth-order valence-corrected chi connectivity index (χ4v) is 5.25. The van der Waals surface area contributed by atoms with Crippen LogP contribution >= 0.6 is 23.4 Å². The van der Waals surface area contributed by atoms with E-state index in [1.807, 2.05) is 24.4 Å². The molecule has 1 aromatic carbocycles. The summed E-state index contributed by atoms with van der Waals surface area (Å²) in [4.78, 5) is 11.6. The molecule has 160 valence electrons. The van der Waals surface area contributed by atoms with Crippen LogP contribution in [0.25, 0.3) is 0 Å². The van der Waals surface area contributed by atoms with Crippen LogP contribution in [0.1, 0.15) is 24.4 Å². The predicted molar refractivity (Wildman–Crippen MR) is 120 cm³/mol. The molecule has 9 heteroatoms. The minimum atomic E-state index is -0.478. The van der Waals surface area contributed by atoms with Gasteiger partial charge in [-0.3, -0.25) is 0 Å². The average Bonchev–Trinajstić information content (AvgIpc) is 3.04. The van der Waals surface area contributed by atoms with Crippen LogP contribution < -0.4 is 21.1 Å². The van der Waals surface area contributed by atoms with Crippen LogP contribution in [-0.2, 0) is 0 Å². The number of pyridine rings is 2. The lowest BCUT2D eigenvalue weighted by Gasteiger charge is -2.41. The number of ether oxygens (including phenoxy) is 1. The summed E-state index contributed by atoms with van der Waals surface area (Å²) in [5.41, 5.74) is 13.6. The first-order chi connectivity index (χ1) is 14.9. The lowest BCUT2D eigenvalue weighted by atomic mass is 9.83. The van der Waals surface area contributed by atoms with Gasteiger partial charge in [-0.05, 0) is 36.4 Å². The van der Waals surface area contributed by atoms with Gasteiger partial charge in [-0.2, -0.15) is 0 Å². The van der Waals surface area contributed by atoms with E-state index in [4.69, 9.17) is 27.8 Å². The summed E-state index contributed by atoms with van der Waals surface area (Å²) in [5.74, 6) is 0.718. The molecule has 2 aromatic heterocycles. The van der Waals surface area contributed by atoms with Crippen LogP contribution in [-0.4, -0.2) is 28.7 Å². The summed E-state index contributed by atoms with van der Waals surface area (Å²) >= 11 is 7.67. The molecule has 2 aliphatic rings. The summed E-state index contributed by atoms with van der Waals surface area (Å²) in [6.45, 7) is 1.57. The predicted octanol–water partition coefficient (Wildman–Crippen LogP) is 4.43. The zero-order valence-corrected chi connectivity index (χ0v) is 18.2. The maximum atomic E-state index is 13.6. The first-order valence-corrected chi connectivity index (χ1v) is 11.2. The monoisotopic (exact) mass is 457 g/mol.